The minimum absolute atomic E-state index is 0.0243. The summed E-state index contributed by atoms with van der Waals surface area (Å²) in [5.41, 5.74) is 0.0843. The second kappa shape index (κ2) is 5.05. The topological polar surface area (TPSA) is 67.0 Å². The summed E-state index contributed by atoms with van der Waals surface area (Å²) in [4.78, 5) is 17.7. The number of aromatic nitrogens is 2. The highest BCUT2D eigenvalue weighted by molar-refractivity contribution is 6.31. The van der Waals surface area contributed by atoms with Crippen LogP contribution < -0.4 is 15.6 Å². The number of hydrogen-bond donors (Lipinski definition) is 2. The quantitative estimate of drug-likeness (QED) is 0.897. The zero-order valence-corrected chi connectivity index (χ0v) is 10.1. The monoisotopic (exact) mass is 269 g/mol. The maximum Gasteiger partial charge on any atom is 0.295 e. The lowest BCUT2D eigenvalue weighted by Crippen LogP contribution is -2.12. The molecule has 0 bridgehead atoms. The zero-order valence-electron chi connectivity index (χ0n) is 9.33. The first-order chi connectivity index (χ1) is 8.61. The molecule has 1 aromatic heterocycles. The molecule has 0 amide bonds. The van der Waals surface area contributed by atoms with Crippen LogP contribution in [0.3, 0.4) is 0 Å². The highest BCUT2D eigenvalue weighted by atomic mass is 35.5. The van der Waals surface area contributed by atoms with Gasteiger partial charge in [0.15, 0.2) is 5.82 Å². The molecule has 0 aliphatic carbocycles. The Bertz CT molecular complexity index is 630. The summed E-state index contributed by atoms with van der Waals surface area (Å²) >= 11 is 5.65. The van der Waals surface area contributed by atoms with E-state index in [1.807, 2.05) is 0 Å². The molecule has 1 heterocycles. The molecule has 7 heteroatoms. The van der Waals surface area contributed by atoms with Gasteiger partial charge in [0.05, 0.1) is 18.5 Å². The van der Waals surface area contributed by atoms with Gasteiger partial charge in [-0.1, -0.05) is 11.6 Å². The van der Waals surface area contributed by atoms with Crippen molar-refractivity contribution in [1.82, 2.24) is 9.97 Å². The lowest BCUT2D eigenvalue weighted by atomic mass is 10.3. The van der Waals surface area contributed by atoms with Gasteiger partial charge in [0.2, 0.25) is 5.75 Å². The van der Waals surface area contributed by atoms with E-state index in [4.69, 9.17) is 16.3 Å². The Morgan fingerprint density at radius 2 is 2.28 bits per heavy atom. The van der Waals surface area contributed by atoms with Crippen LogP contribution in [0.1, 0.15) is 0 Å². The Hall–Kier alpha value is -2.08. The van der Waals surface area contributed by atoms with Crippen molar-refractivity contribution in [2.24, 2.45) is 0 Å². The van der Waals surface area contributed by atoms with Crippen LogP contribution in [0.5, 0.6) is 5.75 Å². The lowest BCUT2D eigenvalue weighted by molar-refractivity contribution is 0.408. The number of halogens is 2. The van der Waals surface area contributed by atoms with E-state index in [0.717, 1.165) is 0 Å². The van der Waals surface area contributed by atoms with Crippen LogP contribution in [0, 0.1) is 5.82 Å². The molecule has 94 valence electrons. The molecule has 0 aliphatic rings. The van der Waals surface area contributed by atoms with E-state index in [2.05, 4.69) is 15.3 Å². The van der Waals surface area contributed by atoms with Crippen molar-refractivity contribution in [2.75, 3.05) is 12.4 Å². The van der Waals surface area contributed by atoms with E-state index in [0.29, 0.717) is 5.69 Å². The molecule has 0 fully saturated rings. The normalized spacial score (nSPS) is 10.2. The van der Waals surface area contributed by atoms with Crippen LogP contribution in [0.25, 0.3) is 0 Å². The first-order valence-corrected chi connectivity index (χ1v) is 5.33. The molecule has 18 heavy (non-hydrogen) atoms. The molecule has 0 saturated heterocycles. The number of aromatic amines is 1. The molecule has 5 nitrogen and oxygen atoms in total. The maximum absolute atomic E-state index is 13.0. The molecule has 0 atom stereocenters. The Morgan fingerprint density at radius 1 is 1.50 bits per heavy atom. The van der Waals surface area contributed by atoms with Gasteiger partial charge in [0.1, 0.15) is 5.82 Å². The van der Waals surface area contributed by atoms with Gasteiger partial charge in [-0.3, -0.25) is 4.79 Å². The van der Waals surface area contributed by atoms with Gasteiger partial charge in [0, 0.05) is 5.69 Å². The summed E-state index contributed by atoms with van der Waals surface area (Å²) in [5, 5.41) is 2.80. The average Bonchev–Trinajstić information content (AvgIpc) is 2.34. The van der Waals surface area contributed by atoms with Gasteiger partial charge in [-0.15, -0.1) is 0 Å². The van der Waals surface area contributed by atoms with Gasteiger partial charge in [0.25, 0.3) is 5.56 Å². The summed E-state index contributed by atoms with van der Waals surface area (Å²) in [6, 6.07) is 4.08. The minimum atomic E-state index is -0.520. The summed E-state index contributed by atoms with van der Waals surface area (Å²) in [5.74, 6) is -0.255. The number of methoxy groups -OCH3 is 1. The Labute approximate surface area is 107 Å². The third-order valence-electron chi connectivity index (χ3n) is 2.20. The van der Waals surface area contributed by atoms with Gasteiger partial charge in [-0.25, -0.2) is 9.37 Å². The standard InChI is InChI=1S/C11H9ClFN3O2/c1-18-9-10(14-5-15-11(9)17)16-6-2-3-8(13)7(12)4-6/h2-5H,1H3,(H2,14,15,16,17). The first kappa shape index (κ1) is 12.4. The molecular weight excluding hydrogens is 261 g/mol. The van der Waals surface area contributed by atoms with Crippen molar-refractivity contribution in [1.29, 1.82) is 0 Å². The Morgan fingerprint density at radius 3 is 2.94 bits per heavy atom. The van der Waals surface area contributed by atoms with Gasteiger partial charge >= 0.3 is 0 Å². The zero-order chi connectivity index (χ0) is 13.1. The highest BCUT2D eigenvalue weighted by Crippen LogP contribution is 2.24. The number of anilines is 2. The smallest absolute Gasteiger partial charge is 0.295 e. The Kier molecular flexibility index (Phi) is 3.47. The van der Waals surface area contributed by atoms with E-state index in [9.17, 15) is 9.18 Å². The van der Waals surface area contributed by atoms with Crippen molar-refractivity contribution in [2.45, 2.75) is 0 Å². The van der Waals surface area contributed by atoms with Crippen LogP contribution in [-0.4, -0.2) is 17.1 Å². The van der Waals surface area contributed by atoms with Gasteiger partial charge < -0.3 is 15.0 Å². The first-order valence-electron chi connectivity index (χ1n) is 4.95. The van der Waals surface area contributed by atoms with Gasteiger partial charge in [-0.2, -0.15) is 0 Å². The molecular formula is C11H9ClFN3O2. The van der Waals surface area contributed by atoms with Crippen molar-refractivity contribution in [3.63, 3.8) is 0 Å². The van der Waals surface area contributed by atoms with E-state index in [1.165, 1.54) is 31.6 Å². The van der Waals surface area contributed by atoms with Crippen LogP contribution >= 0.6 is 11.6 Å². The van der Waals surface area contributed by atoms with Crippen molar-refractivity contribution in [3.05, 3.63) is 45.7 Å². The number of rotatable bonds is 3. The van der Waals surface area contributed by atoms with Crippen LogP contribution in [0.15, 0.2) is 29.3 Å². The van der Waals surface area contributed by atoms with Gasteiger partial charge in [-0.05, 0) is 18.2 Å². The summed E-state index contributed by atoms with van der Waals surface area (Å²) in [6.07, 6.45) is 1.23. The number of benzene rings is 1. The average molecular weight is 270 g/mol. The fourth-order valence-electron chi connectivity index (χ4n) is 1.38. The van der Waals surface area contributed by atoms with Crippen LogP contribution in [-0.2, 0) is 0 Å². The number of H-pyrrole nitrogens is 1. The molecule has 2 aromatic rings. The van der Waals surface area contributed by atoms with Crippen LogP contribution in [0.4, 0.5) is 15.9 Å². The minimum Gasteiger partial charge on any atom is -0.489 e. The van der Waals surface area contributed by atoms with E-state index < -0.39 is 11.4 Å². The molecule has 0 unspecified atom stereocenters. The summed E-state index contributed by atoms with van der Waals surface area (Å²) in [6.45, 7) is 0. The third kappa shape index (κ3) is 2.43. The molecule has 2 rings (SSSR count). The number of nitrogens with zero attached hydrogens (tertiary/aromatic N) is 1. The fraction of sp³-hybridized carbons (Fsp3) is 0.0909. The van der Waals surface area contributed by atoms with Crippen molar-refractivity contribution >= 4 is 23.1 Å². The molecule has 0 saturated carbocycles. The SMILES string of the molecule is COc1c(Nc2ccc(F)c(Cl)c2)nc[nH]c1=O. The van der Waals surface area contributed by atoms with E-state index >= 15 is 0 Å². The second-order valence-corrected chi connectivity index (χ2v) is 3.77. The van der Waals surface area contributed by atoms with Crippen molar-refractivity contribution < 1.29 is 9.13 Å². The van der Waals surface area contributed by atoms with Crippen molar-refractivity contribution in [3.8, 4) is 5.75 Å². The number of nitrogens with one attached hydrogen (secondary N) is 2. The second-order valence-electron chi connectivity index (χ2n) is 3.37. The number of hydrogen-bond acceptors (Lipinski definition) is 4. The van der Waals surface area contributed by atoms with Crippen LogP contribution in [0.2, 0.25) is 5.02 Å². The highest BCUT2D eigenvalue weighted by Gasteiger charge is 2.09. The van der Waals surface area contributed by atoms with E-state index in [1.54, 1.807) is 0 Å². The largest absolute Gasteiger partial charge is 0.489 e. The molecule has 1 aromatic carbocycles. The maximum atomic E-state index is 13.0. The predicted octanol–water partition coefficient (Wildman–Crippen LogP) is 2.31. The summed E-state index contributed by atoms with van der Waals surface area (Å²) in [7, 11) is 1.36. The fourth-order valence-corrected chi connectivity index (χ4v) is 1.56. The van der Waals surface area contributed by atoms with E-state index in [-0.39, 0.29) is 16.6 Å². The summed E-state index contributed by atoms with van der Waals surface area (Å²) < 4.78 is 17.9. The lowest BCUT2D eigenvalue weighted by Gasteiger charge is -2.09. The molecule has 0 aliphatic heterocycles. The Balaban J connectivity index is 2.37. The molecule has 0 radical (unpaired) electrons. The molecule has 0 spiro atoms. The predicted molar refractivity (Wildman–Crippen MR) is 66.1 cm³/mol. The molecule has 2 N–H and O–H groups in total. The third-order valence-corrected chi connectivity index (χ3v) is 2.49. The number of ether oxygens (including phenoxy) is 1.